The van der Waals surface area contributed by atoms with Crippen molar-refractivity contribution in [3.63, 3.8) is 0 Å². The van der Waals surface area contributed by atoms with Gasteiger partial charge in [0.25, 0.3) is 5.56 Å². The van der Waals surface area contributed by atoms with Crippen LogP contribution in [0.5, 0.6) is 0 Å². The van der Waals surface area contributed by atoms with Crippen LogP contribution in [-0.2, 0) is 10.6 Å². The Bertz CT molecular complexity index is 790. The van der Waals surface area contributed by atoms with Crippen LogP contribution in [0.2, 0.25) is 0 Å². The lowest BCUT2D eigenvalue weighted by atomic mass is 10.2. The summed E-state index contributed by atoms with van der Waals surface area (Å²) >= 11 is 5.95. The fraction of sp³-hybridized carbons (Fsp3) is 0.125. The van der Waals surface area contributed by atoms with Crippen molar-refractivity contribution in [3.8, 4) is 0 Å². The van der Waals surface area contributed by atoms with Gasteiger partial charge >= 0.3 is 0 Å². The molecule has 5 heteroatoms. The molecule has 0 N–H and O–H groups in total. The van der Waals surface area contributed by atoms with Crippen molar-refractivity contribution in [1.29, 1.82) is 0 Å². The van der Waals surface area contributed by atoms with E-state index >= 15 is 0 Å². The van der Waals surface area contributed by atoms with Gasteiger partial charge in [0, 0.05) is 0 Å². The molecule has 1 heterocycles. The molecule has 0 unspecified atom stereocenters. The minimum absolute atomic E-state index is 0.0888. The third-order valence-corrected chi connectivity index (χ3v) is 3.25. The van der Waals surface area contributed by atoms with Crippen LogP contribution < -0.4 is 5.56 Å². The summed E-state index contributed by atoms with van der Waals surface area (Å²) < 4.78 is 6.55. The molecule has 1 aromatic carbocycles. The van der Waals surface area contributed by atoms with Crippen LogP contribution in [0.25, 0.3) is 16.6 Å². The first-order valence-corrected chi connectivity index (χ1v) is 6.80. The summed E-state index contributed by atoms with van der Waals surface area (Å²) in [5, 5.41) is 0.505. The Morgan fingerprint density at radius 1 is 1.48 bits per heavy atom. The predicted molar refractivity (Wildman–Crippen MR) is 86.2 cm³/mol. The number of alkyl halides is 1. The van der Waals surface area contributed by atoms with Crippen LogP contribution in [0.3, 0.4) is 0 Å². The van der Waals surface area contributed by atoms with E-state index in [4.69, 9.17) is 16.3 Å². The summed E-state index contributed by atoms with van der Waals surface area (Å²) in [6.45, 7) is 7.44. The number of aromatic nitrogens is 2. The topological polar surface area (TPSA) is 44.1 Å². The van der Waals surface area contributed by atoms with E-state index in [0.29, 0.717) is 28.2 Å². The number of halogens is 1. The number of nitrogens with zero attached hydrogens (tertiary/aromatic N) is 2. The summed E-state index contributed by atoms with van der Waals surface area (Å²) in [6, 6.07) is 7.11. The standard InChI is InChI=1S/C16H15ClN2O2/c1-4-7-14(11(2)21-3)19-15(10-17)18-13-9-6-5-8-12(13)16(19)20/h4-9H,1-2,10H2,3H3/b14-7+. The monoisotopic (exact) mass is 302 g/mol. The molecule has 1 aromatic heterocycles. The normalized spacial score (nSPS) is 11.4. The average Bonchev–Trinajstić information content (AvgIpc) is 2.52. The van der Waals surface area contributed by atoms with E-state index in [-0.39, 0.29) is 11.4 Å². The number of hydrogen-bond donors (Lipinski definition) is 0. The predicted octanol–water partition coefficient (Wildman–Crippen LogP) is 3.32. The number of rotatable bonds is 5. The van der Waals surface area contributed by atoms with Crippen molar-refractivity contribution in [2.24, 2.45) is 0 Å². The molecule has 0 saturated heterocycles. The van der Waals surface area contributed by atoms with E-state index in [1.807, 2.05) is 6.07 Å². The lowest BCUT2D eigenvalue weighted by molar-refractivity contribution is 0.309. The second-order valence-electron chi connectivity index (χ2n) is 4.23. The van der Waals surface area contributed by atoms with Crippen molar-refractivity contribution >= 4 is 28.2 Å². The second-order valence-corrected chi connectivity index (χ2v) is 4.50. The maximum atomic E-state index is 12.7. The van der Waals surface area contributed by atoms with Crippen LogP contribution >= 0.6 is 11.6 Å². The fourth-order valence-electron chi connectivity index (χ4n) is 2.03. The average molecular weight is 303 g/mol. The Morgan fingerprint density at radius 2 is 2.19 bits per heavy atom. The zero-order valence-corrected chi connectivity index (χ0v) is 12.4. The van der Waals surface area contributed by atoms with Gasteiger partial charge in [-0.05, 0) is 18.2 Å². The van der Waals surface area contributed by atoms with Gasteiger partial charge in [-0.3, -0.25) is 9.36 Å². The van der Waals surface area contributed by atoms with Gasteiger partial charge in [-0.25, -0.2) is 4.98 Å². The number of para-hydroxylation sites is 1. The zero-order valence-electron chi connectivity index (χ0n) is 11.7. The Kier molecular flexibility index (Phi) is 4.60. The van der Waals surface area contributed by atoms with Gasteiger partial charge in [0.2, 0.25) is 0 Å². The number of fused-ring (bicyclic) bond motifs is 1. The third kappa shape index (κ3) is 2.76. The minimum Gasteiger partial charge on any atom is -0.495 e. The SMILES string of the molecule is C=C/C=C(\C(=C)OC)n1c(CCl)nc2ccccc2c1=O. The second kappa shape index (κ2) is 6.41. The van der Waals surface area contributed by atoms with Crippen molar-refractivity contribution in [1.82, 2.24) is 9.55 Å². The molecule has 108 valence electrons. The summed E-state index contributed by atoms with van der Waals surface area (Å²) in [5.41, 5.74) is 0.851. The van der Waals surface area contributed by atoms with Gasteiger partial charge in [0.1, 0.15) is 11.6 Å². The molecule has 0 fully saturated rings. The molecule has 0 aliphatic carbocycles. The van der Waals surface area contributed by atoms with Gasteiger partial charge in [0.05, 0.1) is 29.6 Å². The fourth-order valence-corrected chi connectivity index (χ4v) is 2.20. The number of allylic oxidation sites excluding steroid dienone is 3. The van der Waals surface area contributed by atoms with E-state index in [0.717, 1.165) is 0 Å². The van der Waals surface area contributed by atoms with Crippen LogP contribution in [0, 0.1) is 0 Å². The molecule has 0 spiro atoms. The molecule has 0 aliphatic rings. The molecule has 2 aromatic rings. The molecule has 0 amide bonds. The molecule has 0 bridgehead atoms. The lowest BCUT2D eigenvalue weighted by Gasteiger charge is -2.16. The first-order valence-electron chi connectivity index (χ1n) is 6.27. The van der Waals surface area contributed by atoms with Crippen molar-refractivity contribution in [2.45, 2.75) is 5.88 Å². The van der Waals surface area contributed by atoms with Gasteiger partial charge in [-0.2, -0.15) is 0 Å². The highest BCUT2D eigenvalue weighted by atomic mass is 35.5. The number of hydrogen-bond acceptors (Lipinski definition) is 3. The van der Waals surface area contributed by atoms with Crippen molar-refractivity contribution < 1.29 is 4.74 Å². The van der Waals surface area contributed by atoms with Gasteiger partial charge in [-0.1, -0.05) is 31.4 Å². The number of ether oxygens (including phenoxy) is 1. The lowest BCUT2D eigenvalue weighted by Crippen LogP contribution is -2.25. The van der Waals surface area contributed by atoms with Gasteiger partial charge in [-0.15, -0.1) is 11.6 Å². The van der Waals surface area contributed by atoms with Gasteiger partial charge < -0.3 is 4.74 Å². The Morgan fingerprint density at radius 3 is 2.81 bits per heavy atom. The smallest absolute Gasteiger partial charge is 0.266 e. The highest BCUT2D eigenvalue weighted by Gasteiger charge is 2.15. The number of methoxy groups -OCH3 is 1. The van der Waals surface area contributed by atoms with Crippen LogP contribution in [0.4, 0.5) is 0 Å². The molecule has 0 aliphatic heterocycles. The zero-order chi connectivity index (χ0) is 15.4. The van der Waals surface area contributed by atoms with E-state index in [9.17, 15) is 4.79 Å². The van der Waals surface area contributed by atoms with E-state index in [1.165, 1.54) is 11.7 Å². The Hall–Kier alpha value is -2.33. The molecular weight excluding hydrogens is 288 g/mol. The number of benzene rings is 1. The third-order valence-electron chi connectivity index (χ3n) is 3.01. The molecule has 0 atom stereocenters. The first kappa shape index (κ1) is 15.1. The van der Waals surface area contributed by atoms with Crippen LogP contribution in [0.1, 0.15) is 5.82 Å². The Balaban J connectivity index is 2.86. The molecule has 0 saturated carbocycles. The molecular formula is C16H15ClN2O2. The largest absolute Gasteiger partial charge is 0.495 e. The summed E-state index contributed by atoms with van der Waals surface area (Å²) in [4.78, 5) is 17.2. The molecule has 2 rings (SSSR count). The first-order chi connectivity index (χ1) is 10.1. The van der Waals surface area contributed by atoms with Crippen molar-refractivity contribution in [2.75, 3.05) is 7.11 Å². The highest BCUT2D eigenvalue weighted by molar-refractivity contribution is 6.16. The highest BCUT2D eigenvalue weighted by Crippen LogP contribution is 2.18. The summed E-state index contributed by atoms with van der Waals surface area (Å²) in [5.74, 6) is 0.845. The van der Waals surface area contributed by atoms with E-state index in [1.54, 1.807) is 30.4 Å². The quantitative estimate of drug-likeness (QED) is 0.483. The minimum atomic E-state index is -0.220. The van der Waals surface area contributed by atoms with E-state index < -0.39 is 0 Å². The summed E-state index contributed by atoms with van der Waals surface area (Å²) in [6.07, 6.45) is 3.19. The molecule has 4 nitrogen and oxygen atoms in total. The maximum Gasteiger partial charge on any atom is 0.266 e. The van der Waals surface area contributed by atoms with Crippen LogP contribution in [0.15, 0.2) is 60.1 Å². The summed E-state index contributed by atoms with van der Waals surface area (Å²) in [7, 11) is 1.49. The molecule has 21 heavy (non-hydrogen) atoms. The maximum absolute atomic E-state index is 12.7. The van der Waals surface area contributed by atoms with E-state index in [2.05, 4.69) is 18.1 Å². The van der Waals surface area contributed by atoms with Crippen molar-refractivity contribution in [3.05, 3.63) is 71.5 Å². The van der Waals surface area contributed by atoms with Gasteiger partial charge in [0.15, 0.2) is 0 Å². The molecule has 0 radical (unpaired) electrons. The van der Waals surface area contributed by atoms with Crippen LogP contribution in [-0.4, -0.2) is 16.7 Å². The Labute approximate surface area is 127 Å².